The second-order valence-electron chi connectivity index (χ2n) is 6.74. The van der Waals surface area contributed by atoms with Crippen molar-refractivity contribution in [2.24, 2.45) is 4.99 Å². The Bertz CT molecular complexity index is 996. The van der Waals surface area contributed by atoms with Gasteiger partial charge in [-0.25, -0.2) is 9.98 Å². The summed E-state index contributed by atoms with van der Waals surface area (Å²) in [5.41, 5.74) is -0.0325. The lowest BCUT2D eigenvalue weighted by atomic mass is 10.2. The lowest BCUT2D eigenvalue weighted by Gasteiger charge is -2.17. The van der Waals surface area contributed by atoms with Gasteiger partial charge < -0.3 is 19.1 Å². The number of hydrogen-bond donors (Lipinski definition) is 1. The van der Waals surface area contributed by atoms with Crippen molar-refractivity contribution >= 4 is 35.4 Å². The topological polar surface area (TPSA) is 141 Å². The van der Waals surface area contributed by atoms with Gasteiger partial charge in [0.25, 0.3) is 5.56 Å². The summed E-state index contributed by atoms with van der Waals surface area (Å²) in [6, 6.07) is 0. The molecule has 0 spiro atoms. The summed E-state index contributed by atoms with van der Waals surface area (Å²) >= 11 is 0. The third-order valence-corrected chi connectivity index (χ3v) is 4.09. The van der Waals surface area contributed by atoms with Gasteiger partial charge in [-0.15, -0.1) is 0 Å². The molecule has 1 saturated heterocycles. The van der Waals surface area contributed by atoms with Gasteiger partial charge in [-0.05, 0) is 0 Å². The number of nitrogens with zero attached hydrogens (tertiary/aromatic N) is 5. The number of esters is 2. The van der Waals surface area contributed by atoms with E-state index in [4.69, 9.17) is 14.2 Å². The molecule has 1 aliphatic rings. The molecule has 0 saturated carbocycles. The van der Waals surface area contributed by atoms with Crippen molar-refractivity contribution in [1.29, 1.82) is 0 Å². The van der Waals surface area contributed by atoms with E-state index in [1.54, 1.807) is 23.6 Å². The molecular formula is C17H22N6O6. The highest BCUT2D eigenvalue weighted by atomic mass is 16.6. The Morgan fingerprint density at radius 1 is 1.41 bits per heavy atom. The second-order valence-corrected chi connectivity index (χ2v) is 6.74. The minimum absolute atomic E-state index is 0.0667. The Balaban J connectivity index is 1.91. The fourth-order valence-corrected chi connectivity index (χ4v) is 2.91. The molecule has 3 rings (SSSR count). The Morgan fingerprint density at radius 3 is 2.83 bits per heavy atom. The number of fused-ring (bicyclic) bond motifs is 1. The number of H-pyrrole nitrogens is 1. The molecule has 2 aromatic rings. The van der Waals surface area contributed by atoms with Crippen LogP contribution in [0, 0.1) is 0 Å². The van der Waals surface area contributed by atoms with Crippen LogP contribution in [0.25, 0.3) is 11.2 Å². The predicted octanol–water partition coefficient (Wildman–Crippen LogP) is 0.123. The summed E-state index contributed by atoms with van der Waals surface area (Å²) in [4.78, 5) is 51.7. The molecule has 3 heterocycles. The highest BCUT2D eigenvalue weighted by Gasteiger charge is 2.40. The van der Waals surface area contributed by atoms with Crippen LogP contribution >= 0.6 is 0 Å². The maximum absolute atomic E-state index is 12.3. The van der Waals surface area contributed by atoms with E-state index in [2.05, 4.69) is 19.9 Å². The van der Waals surface area contributed by atoms with Crippen LogP contribution in [0.2, 0.25) is 0 Å². The molecule has 1 N–H and O–H groups in total. The summed E-state index contributed by atoms with van der Waals surface area (Å²) in [5, 5.41) is 0. The van der Waals surface area contributed by atoms with Gasteiger partial charge in [-0.1, -0.05) is 0 Å². The molecule has 0 aliphatic carbocycles. The minimum atomic E-state index is -0.654. The molecule has 2 aromatic heterocycles. The molecule has 29 heavy (non-hydrogen) atoms. The van der Waals surface area contributed by atoms with Crippen LogP contribution in [-0.2, 0) is 23.8 Å². The molecule has 3 atom stereocenters. The number of aromatic amines is 1. The number of aromatic nitrogens is 4. The average Bonchev–Trinajstić information content (AvgIpc) is 3.21. The Kier molecular flexibility index (Phi) is 5.92. The van der Waals surface area contributed by atoms with E-state index in [-0.39, 0.29) is 30.1 Å². The summed E-state index contributed by atoms with van der Waals surface area (Å²) in [6.07, 6.45) is 1.31. The molecule has 12 heteroatoms. The number of aliphatic imine (C=N–C) groups is 1. The fourth-order valence-electron chi connectivity index (χ4n) is 2.91. The van der Waals surface area contributed by atoms with Crippen LogP contribution in [0.5, 0.6) is 0 Å². The first kappa shape index (κ1) is 20.5. The number of imidazole rings is 1. The van der Waals surface area contributed by atoms with Gasteiger partial charge in [0.05, 0.1) is 12.7 Å². The number of carbonyl (C=O) groups excluding carboxylic acids is 2. The standard InChI is InChI=1S/C17H22N6O6/c1-9(24)27-6-12-11(28-10(2)25)5-13(29-12)23-8-18-14-15(23)20-17(21-16(14)26)19-7-22(3)4/h7-8,11-13H,5-6H2,1-4H3,(H,20,21,26)/b19-7+/t11-,12-,13-/m1/s1. The van der Waals surface area contributed by atoms with E-state index in [0.29, 0.717) is 0 Å². The van der Waals surface area contributed by atoms with Crippen molar-refractivity contribution in [2.45, 2.75) is 38.7 Å². The van der Waals surface area contributed by atoms with Crippen molar-refractivity contribution in [3.8, 4) is 0 Å². The lowest BCUT2D eigenvalue weighted by molar-refractivity contribution is -0.155. The normalized spacial score (nSPS) is 21.6. The van der Waals surface area contributed by atoms with Gasteiger partial charge in [0.1, 0.15) is 25.0 Å². The van der Waals surface area contributed by atoms with Crippen molar-refractivity contribution in [3.05, 3.63) is 16.7 Å². The molecule has 0 radical (unpaired) electrons. The molecule has 1 fully saturated rings. The summed E-state index contributed by atoms with van der Waals surface area (Å²) in [7, 11) is 3.57. The van der Waals surface area contributed by atoms with Crippen LogP contribution in [-0.4, -0.2) is 75.6 Å². The zero-order chi connectivity index (χ0) is 21.1. The van der Waals surface area contributed by atoms with E-state index in [1.807, 2.05) is 0 Å². The lowest BCUT2D eigenvalue weighted by Crippen LogP contribution is -2.31. The zero-order valence-corrected chi connectivity index (χ0v) is 16.5. The number of carbonyl (C=O) groups is 2. The molecule has 0 bridgehead atoms. The molecule has 0 aromatic carbocycles. The first-order valence-electron chi connectivity index (χ1n) is 8.88. The molecular weight excluding hydrogens is 384 g/mol. The van der Waals surface area contributed by atoms with Gasteiger partial charge in [0, 0.05) is 34.4 Å². The molecule has 0 unspecified atom stereocenters. The van der Waals surface area contributed by atoms with Crippen molar-refractivity contribution in [2.75, 3.05) is 20.7 Å². The monoisotopic (exact) mass is 406 g/mol. The highest BCUT2D eigenvalue weighted by Crippen LogP contribution is 2.32. The number of nitrogens with one attached hydrogen (secondary N) is 1. The SMILES string of the molecule is CC(=O)OC[C@H]1O[C@@H](n2cnc3c(=O)[nH]c(/N=C/N(C)C)nc32)C[C@H]1OC(C)=O. The first-order chi connectivity index (χ1) is 13.7. The average molecular weight is 406 g/mol. The molecule has 0 amide bonds. The zero-order valence-electron chi connectivity index (χ0n) is 16.5. The number of rotatable bonds is 6. The van der Waals surface area contributed by atoms with Crippen LogP contribution in [0.1, 0.15) is 26.5 Å². The minimum Gasteiger partial charge on any atom is -0.463 e. The highest BCUT2D eigenvalue weighted by molar-refractivity contribution is 5.71. The van der Waals surface area contributed by atoms with E-state index < -0.39 is 35.9 Å². The first-order valence-corrected chi connectivity index (χ1v) is 8.88. The maximum atomic E-state index is 12.3. The summed E-state index contributed by atoms with van der Waals surface area (Å²) < 4.78 is 17.8. The largest absolute Gasteiger partial charge is 0.463 e. The van der Waals surface area contributed by atoms with Crippen molar-refractivity contribution in [3.63, 3.8) is 0 Å². The van der Waals surface area contributed by atoms with Crippen molar-refractivity contribution in [1.82, 2.24) is 24.4 Å². The van der Waals surface area contributed by atoms with Gasteiger partial charge in [-0.2, -0.15) is 4.98 Å². The third kappa shape index (κ3) is 4.77. The van der Waals surface area contributed by atoms with Crippen LogP contribution < -0.4 is 5.56 Å². The number of hydrogen-bond acceptors (Lipinski definition) is 9. The fraction of sp³-hybridized carbons (Fsp3) is 0.529. The Labute approximate surface area is 165 Å². The maximum Gasteiger partial charge on any atom is 0.303 e. The van der Waals surface area contributed by atoms with Gasteiger partial charge in [0.2, 0.25) is 5.95 Å². The van der Waals surface area contributed by atoms with E-state index in [0.717, 1.165) is 0 Å². The Morgan fingerprint density at radius 2 is 2.17 bits per heavy atom. The Hall–Kier alpha value is -3.28. The molecule has 12 nitrogen and oxygen atoms in total. The van der Waals surface area contributed by atoms with Gasteiger partial charge >= 0.3 is 11.9 Å². The van der Waals surface area contributed by atoms with Crippen molar-refractivity contribution < 1.29 is 23.8 Å². The van der Waals surface area contributed by atoms with Crippen LogP contribution in [0.3, 0.4) is 0 Å². The van der Waals surface area contributed by atoms with E-state index in [1.165, 1.54) is 26.5 Å². The van der Waals surface area contributed by atoms with E-state index >= 15 is 0 Å². The third-order valence-electron chi connectivity index (χ3n) is 4.09. The second kappa shape index (κ2) is 8.39. The molecule has 156 valence electrons. The smallest absolute Gasteiger partial charge is 0.303 e. The van der Waals surface area contributed by atoms with Crippen LogP contribution in [0.4, 0.5) is 5.95 Å². The van der Waals surface area contributed by atoms with Gasteiger partial charge in [0.15, 0.2) is 11.2 Å². The summed E-state index contributed by atoms with van der Waals surface area (Å²) in [5.74, 6) is -0.829. The number of ether oxygens (including phenoxy) is 3. The quantitative estimate of drug-likeness (QED) is 0.402. The van der Waals surface area contributed by atoms with Crippen LogP contribution in [0.15, 0.2) is 16.1 Å². The molecule has 1 aliphatic heterocycles. The predicted molar refractivity (Wildman–Crippen MR) is 101 cm³/mol. The van der Waals surface area contributed by atoms with Gasteiger partial charge in [-0.3, -0.25) is 23.9 Å². The van der Waals surface area contributed by atoms with E-state index in [9.17, 15) is 14.4 Å². The summed E-state index contributed by atoms with van der Waals surface area (Å²) in [6.45, 7) is 2.50.